The highest BCUT2D eigenvalue weighted by Crippen LogP contribution is 2.22. The molecule has 1 aromatic rings. The second-order valence-electron chi connectivity index (χ2n) is 3.79. The van der Waals surface area contributed by atoms with Crippen molar-refractivity contribution >= 4 is 17.6 Å². The number of aryl methyl sites for hydroxylation is 1. The molecule has 1 aromatic carbocycles. The largest absolute Gasteiger partial charge is 0.479 e. The van der Waals surface area contributed by atoms with Crippen LogP contribution in [-0.2, 0) is 4.79 Å². The van der Waals surface area contributed by atoms with Crippen molar-refractivity contribution in [2.24, 2.45) is 5.73 Å². The van der Waals surface area contributed by atoms with Crippen LogP contribution in [0.25, 0.3) is 0 Å². The lowest BCUT2D eigenvalue weighted by Gasteiger charge is -2.15. The van der Waals surface area contributed by atoms with Gasteiger partial charge in [0.2, 0.25) is 0 Å². The summed E-state index contributed by atoms with van der Waals surface area (Å²) in [5.41, 5.74) is 6.20. The van der Waals surface area contributed by atoms with E-state index in [4.69, 9.17) is 27.2 Å². The minimum absolute atomic E-state index is 0.396. The monoisotopic (exact) mass is 257 g/mol. The number of halogens is 1. The highest BCUT2D eigenvalue weighted by Gasteiger charge is 2.18. The van der Waals surface area contributed by atoms with Gasteiger partial charge in [0.05, 0.1) is 0 Å². The molecule has 0 amide bonds. The normalized spacial score (nSPS) is 12.2. The zero-order valence-electron chi connectivity index (χ0n) is 9.65. The average molecular weight is 258 g/mol. The standard InChI is InChI=1S/C12H16ClNO3/c1-8-7-9(4-5-10(8)13)17-11(12(15)16)3-2-6-14/h4-5,7,11H,2-3,6,14H2,1H3,(H,15,16). The Morgan fingerprint density at radius 2 is 2.29 bits per heavy atom. The molecule has 5 heteroatoms. The number of aliphatic carboxylic acids is 1. The molecule has 0 radical (unpaired) electrons. The molecule has 0 aliphatic carbocycles. The highest BCUT2D eigenvalue weighted by molar-refractivity contribution is 6.31. The summed E-state index contributed by atoms with van der Waals surface area (Å²) in [6, 6.07) is 5.07. The van der Waals surface area contributed by atoms with Gasteiger partial charge in [-0.05, 0) is 50.1 Å². The Hall–Kier alpha value is -1.26. The first-order chi connectivity index (χ1) is 8.04. The molecular weight excluding hydrogens is 242 g/mol. The number of hydrogen-bond donors (Lipinski definition) is 2. The smallest absolute Gasteiger partial charge is 0.344 e. The number of carboxylic acid groups (broad SMARTS) is 1. The van der Waals surface area contributed by atoms with E-state index in [2.05, 4.69) is 0 Å². The van der Waals surface area contributed by atoms with Crippen LogP contribution in [0.1, 0.15) is 18.4 Å². The first-order valence-corrected chi connectivity index (χ1v) is 5.78. The molecule has 94 valence electrons. The summed E-state index contributed by atoms with van der Waals surface area (Å²) in [7, 11) is 0. The Morgan fingerprint density at radius 3 is 2.82 bits per heavy atom. The number of carboxylic acids is 1. The van der Waals surface area contributed by atoms with Gasteiger partial charge < -0.3 is 15.6 Å². The lowest BCUT2D eigenvalue weighted by atomic mass is 10.2. The third-order valence-corrected chi connectivity index (χ3v) is 2.78. The van der Waals surface area contributed by atoms with Crippen molar-refractivity contribution in [1.29, 1.82) is 0 Å². The van der Waals surface area contributed by atoms with Crippen LogP contribution in [0.4, 0.5) is 0 Å². The molecule has 0 spiro atoms. The van der Waals surface area contributed by atoms with Crippen LogP contribution in [0.2, 0.25) is 5.02 Å². The molecule has 0 aliphatic heterocycles. The molecule has 1 rings (SSSR count). The Labute approximate surface area is 105 Å². The third kappa shape index (κ3) is 4.24. The fraction of sp³-hybridized carbons (Fsp3) is 0.417. The van der Waals surface area contributed by atoms with Gasteiger partial charge in [-0.3, -0.25) is 0 Å². The van der Waals surface area contributed by atoms with Crippen molar-refractivity contribution < 1.29 is 14.6 Å². The highest BCUT2D eigenvalue weighted by atomic mass is 35.5. The number of hydrogen-bond acceptors (Lipinski definition) is 3. The van der Waals surface area contributed by atoms with E-state index in [9.17, 15) is 4.79 Å². The van der Waals surface area contributed by atoms with Gasteiger partial charge in [0, 0.05) is 5.02 Å². The average Bonchev–Trinajstić information content (AvgIpc) is 2.28. The molecular formula is C12H16ClNO3. The van der Waals surface area contributed by atoms with Crippen LogP contribution in [0.15, 0.2) is 18.2 Å². The second-order valence-corrected chi connectivity index (χ2v) is 4.19. The number of rotatable bonds is 6. The summed E-state index contributed by atoms with van der Waals surface area (Å²) in [6.07, 6.45) is 0.149. The van der Waals surface area contributed by atoms with E-state index >= 15 is 0 Å². The van der Waals surface area contributed by atoms with Gasteiger partial charge in [0.15, 0.2) is 6.10 Å². The van der Waals surface area contributed by atoms with Crippen LogP contribution >= 0.6 is 11.6 Å². The van der Waals surface area contributed by atoms with Gasteiger partial charge >= 0.3 is 5.97 Å². The van der Waals surface area contributed by atoms with E-state index in [-0.39, 0.29) is 0 Å². The quantitative estimate of drug-likeness (QED) is 0.820. The first kappa shape index (κ1) is 13.8. The number of benzene rings is 1. The van der Waals surface area contributed by atoms with Crippen LogP contribution < -0.4 is 10.5 Å². The van der Waals surface area contributed by atoms with Gasteiger partial charge in [-0.15, -0.1) is 0 Å². The van der Waals surface area contributed by atoms with Gasteiger partial charge in [0.25, 0.3) is 0 Å². The van der Waals surface area contributed by atoms with Crippen LogP contribution in [0.3, 0.4) is 0 Å². The molecule has 3 N–H and O–H groups in total. The summed E-state index contributed by atoms with van der Waals surface area (Å²) in [6.45, 7) is 2.29. The lowest BCUT2D eigenvalue weighted by Crippen LogP contribution is -2.27. The Bertz CT molecular complexity index is 395. The van der Waals surface area contributed by atoms with Crippen LogP contribution in [-0.4, -0.2) is 23.7 Å². The van der Waals surface area contributed by atoms with E-state index in [1.165, 1.54) is 0 Å². The van der Waals surface area contributed by atoms with Gasteiger partial charge in [0.1, 0.15) is 5.75 Å². The maximum Gasteiger partial charge on any atom is 0.344 e. The molecule has 4 nitrogen and oxygen atoms in total. The summed E-state index contributed by atoms with van der Waals surface area (Å²) in [5, 5.41) is 9.62. The molecule has 0 saturated heterocycles. The molecule has 0 bridgehead atoms. The van der Waals surface area contributed by atoms with E-state index in [1.54, 1.807) is 18.2 Å². The molecule has 17 heavy (non-hydrogen) atoms. The number of ether oxygens (including phenoxy) is 1. The Balaban J connectivity index is 2.71. The lowest BCUT2D eigenvalue weighted by molar-refractivity contribution is -0.145. The fourth-order valence-corrected chi connectivity index (χ4v) is 1.51. The molecule has 1 atom stereocenters. The summed E-state index contributed by atoms with van der Waals surface area (Å²) < 4.78 is 5.40. The van der Waals surface area contributed by atoms with E-state index in [0.29, 0.717) is 30.2 Å². The van der Waals surface area contributed by atoms with Crippen molar-refractivity contribution in [3.63, 3.8) is 0 Å². The van der Waals surface area contributed by atoms with Crippen molar-refractivity contribution in [2.75, 3.05) is 6.54 Å². The van der Waals surface area contributed by atoms with Crippen molar-refractivity contribution in [1.82, 2.24) is 0 Å². The molecule has 1 unspecified atom stereocenters. The zero-order chi connectivity index (χ0) is 12.8. The summed E-state index contributed by atoms with van der Waals surface area (Å²) in [5.74, 6) is -0.470. The van der Waals surface area contributed by atoms with Gasteiger partial charge in [-0.25, -0.2) is 4.79 Å². The van der Waals surface area contributed by atoms with Gasteiger partial charge in [-0.2, -0.15) is 0 Å². The van der Waals surface area contributed by atoms with E-state index < -0.39 is 12.1 Å². The van der Waals surface area contributed by atoms with Crippen molar-refractivity contribution in [3.05, 3.63) is 28.8 Å². The predicted molar refractivity (Wildman–Crippen MR) is 66.5 cm³/mol. The Morgan fingerprint density at radius 1 is 1.59 bits per heavy atom. The van der Waals surface area contributed by atoms with E-state index in [1.807, 2.05) is 6.92 Å². The summed E-state index contributed by atoms with van der Waals surface area (Å²) in [4.78, 5) is 11.0. The molecule has 0 heterocycles. The summed E-state index contributed by atoms with van der Waals surface area (Å²) >= 11 is 5.87. The molecule has 0 aliphatic rings. The number of nitrogens with two attached hydrogens (primary N) is 1. The van der Waals surface area contributed by atoms with Gasteiger partial charge in [-0.1, -0.05) is 11.6 Å². The maximum absolute atomic E-state index is 11.0. The minimum Gasteiger partial charge on any atom is -0.479 e. The predicted octanol–water partition coefficient (Wildman–Crippen LogP) is 2.22. The Kier molecular flexibility index (Phi) is 5.25. The zero-order valence-corrected chi connectivity index (χ0v) is 10.4. The van der Waals surface area contributed by atoms with Crippen molar-refractivity contribution in [2.45, 2.75) is 25.9 Å². The molecule has 0 fully saturated rings. The molecule has 0 aromatic heterocycles. The SMILES string of the molecule is Cc1cc(OC(CCCN)C(=O)O)ccc1Cl. The maximum atomic E-state index is 11.0. The minimum atomic E-state index is -0.981. The number of carbonyl (C=O) groups is 1. The second kappa shape index (κ2) is 6.47. The fourth-order valence-electron chi connectivity index (χ4n) is 1.39. The van der Waals surface area contributed by atoms with Crippen molar-refractivity contribution in [3.8, 4) is 5.75 Å². The first-order valence-electron chi connectivity index (χ1n) is 5.40. The molecule has 0 saturated carbocycles. The van der Waals surface area contributed by atoms with Crippen LogP contribution in [0, 0.1) is 6.92 Å². The van der Waals surface area contributed by atoms with Crippen LogP contribution in [0.5, 0.6) is 5.75 Å². The third-order valence-electron chi connectivity index (χ3n) is 2.35. The topological polar surface area (TPSA) is 72.5 Å². The van der Waals surface area contributed by atoms with E-state index in [0.717, 1.165) is 5.56 Å².